The van der Waals surface area contributed by atoms with E-state index in [1.165, 1.54) is 12.1 Å². The van der Waals surface area contributed by atoms with Crippen molar-refractivity contribution in [3.8, 4) is 11.5 Å². The first-order valence-corrected chi connectivity index (χ1v) is 8.02. The third-order valence-electron chi connectivity index (χ3n) is 3.73. The molecule has 130 valence electrons. The van der Waals surface area contributed by atoms with Crippen LogP contribution in [0.25, 0.3) is 0 Å². The monoisotopic (exact) mass is 335 g/mol. The third kappa shape index (κ3) is 4.52. The fraction of sp³-hybridized carbons (Fsp3) is 0.368. The molecule has 0 heterocycles. The van der Waals surface area contributed by atoms with Gasteiger partial charge in [-0.15, -0.1) is 0 Å². The molecule has 2 aromatic rings. The molecule has 0 aromatic heterocycles. The number of para-hydroxylation sites is 1. The maximum absolute atomic E-state index is 14.9. The highest BCUT2D eigenvalue weighted by Crippen LogP contribution is 2.33. The number of benzene rings is 2. The maximum atomic E-state index is 14.9. The summed E-state index contributed by atoms with van der Waals surface area (Å²) in [5, 5.41) is 3.29. The molecule has 2 atom stereocenters. The number of hydrogen-bond acceptors (Lipinski definition) is 3. The Hall–Kier alpha value is -1.98. The fourth-order valence-corrected chi connectivity index (χ4v) is 2.59. The van der Waals surface area contributed by atoms with Gasteiger partial charge in [0, 0.05) is 24.8 Å². The predicted octanol–water partition coefficient (Wildman–Crippen LogP) is 4.83. The lowest BCUT2D eigenvalue weighted by atomic mass is 10.0. The molecule has 0 bridgehead atoms. The molecule has 0 spiro atoms. The van der Waals surface area contributed by atoms with Crippen LogP contribution in [0.5, 0.6) is 11.5 Å². The zero-order valence-electron chi connectivity index (χ0n) is 14.2. The number of hydrogen-bond donors (Lipinski definition) is 1. The smallest absolute Gasteiger partial charge is 0.198 e. The van der Waals surface area contributed by atoms with Crippen LogP contribution in [0.2, 0.25) is 0 Å². The lowest BCUT2D eigenvalue weighted by Gasteiger charge is -2.23. The standard InChI is InChI=1S/C19H23F2NO2/c1-4-17(22-13(2)12-23-3)15-10-11-16(20)19(18(15)21)24-14-8-6-5-7-9-14/h5-11,13,17,22H,4,12H2,1-3H3. The summed E-state index contributed by atoms with van der Waals surface area (Å²) in [5.74, 6) is -1.39. The molecule has 3 nitrogen and oxygen atoms in total. The topological polar surface area (TPSA) is 30.5 Å². The molecule has 0 aliphatic rings. The summed E-state index contributed by atoms with van der Waals surface area (Å²) in [6.07, 6.45) is 0.654. The molecule has 0 radical (unpaired) electrons. The van der Waals surface area contributed by atoms with Crippen LogP contribution in [0.1, 0.15) is 31.9 Å². The minimum atomic E-state index is -0.722. The average molecular weight is 335 g/mol. The summed E-state index contributed by atoms with van der Waals surface area (Å²) < 4.78 is 39.4. The number of nitrogens with one attached hydrogen (secondary N) is 1. The zero-order valence-corrected chi connectivity index (χ0v) is 14.2. The van der Waals surface area contributed by atoms with Crippen LogP contribution in [-0.2, 0) is 4.74 Å². The van der Waals surface area contributed by atoms with Crippen molar-refractivity contribution in [2.45, 2.75) is 32.4 Å². The van der Waals surface area contributed by atoms with Crippen molar-refractivity contribution in [1.29, 1.82) is 0 Å². The highest BCUT2D eigenvalue weighted by Gasteiger charge is 2.22. The highest BCUT2D eigenvalue weighted by molar-refractivity contribution is 5.38. The van der Waals surface area contributed by atoms with Gasteiger partial charge in [-0.2, -0.15) is 0 Å². The first-order chi connectivity index (χ1) is 11.6. The first-order valence-electron chi connectivity index (χ1n) is 8.02. The summed E-state index contributed by atoms with van der Waals surface area (Å²) in [6, 6.07) is 11.1. The molecule has 2 aromatic carbocycles. The van der Waals surface area contributed by atoms with Crippen molar-refractivity contribution < 1.29 is 18.3 Å². The molecule has 0 saturated heterocycles. The van der Waals surface area contributed by atoms with Gasteiger partial charge >= 0.3 is 0 Å². The molecule has 0 fully saturated rings. The average Bonchev–Trinajstić information content (AvgIpc) is 2.58. The van der Waals surface area contributed by atoms with Gasteiger partial charge in [0.15, 0.2) is 17.4 Å². The summed E-state index contributed by atoms with van der Waals surface area (Å²) in [7, 11) is 1.61. The second-order valence-corrected chi connectivity index (χ2v) is 5.68. The van der Waals surface area contributed by atoms with Crippen molar-refractivity contribution in [3.63, 3.8) is 0 Å². The normalized spacial score (nSPS) is 13.5. The zero-order chi connectivity index (χ0) is 17.5. The van der Waals surface area contributed by atoms with E-state index < -0.39 is 11.6 Å². The Labute approximate surface area is 141 Å². The van der Waals surface area contributed by atoms with Crippen molar-refractivity contribution in [3.05, 3.63) is 59.7 Å². The van der Waals surface area contributed by atoms with Crippen LogP contribution >= 0.6 is 0 Å². The minimum absolute atomic E-state index is 0.0443. The number of methoxy groups -OCH3 is 1. The number of halogens is 2. The number of ether oxygens (including phenoxy) is 2. The van der Waals surface area contributed by atoms with Gasteiger partial charge in [0.05, 0.1) is 6.61 Å². The molecule has 0 amide bonds. The Morgan fingerprint density at radius 3 is 2.42 bits per heavy atom. The van der Waals surface area contributed by atoms with E-state index in [4.69, 9.17) is 9.47 Å². The summed E-state index contributed by atoms with van der Waals surface area (Å²) >= 11 is 0. The second-order valence-electron chi connectivity index (χ2n) is 5.68. The molecule has 0 aliphatic heterocycles. The van der Waals surface area contributed by atoms with Crippen LogP contribution in [0.3, 0.4) is 0 Å². The van der Waals surface area contributed by atoms with Crippen LogP contribution in [-0.4, -0.2) is 19.8 Å². The van der Waals surface area contributed by atoms with Gasteiger partial charge in [-0.25, -0.2) is 8.78 Å². The summed E-state index contributed by atoms with van der Waals surface area (Å²) in [4.78, 5) is 0. The quantitative estimate of drug-likeness (QED) is 0.749. The number of rotatable bonds is 8. The Morgan fingerprint density at radius 2 is 1.79 bits per heavy atom. The van der Waals surface area contributed by atoms with Gasteiger partial charge in [0.25, 0.3) is 0 Å². The van der Waals surface area contributed by atoms with Gasteiger partial charge < -0.3 is 14.8 Å². The summed E-state index contributed by atoms with van der Waals surface area (Å²) in [6.45, 7) is 4.40. The fourth-order valence-electron chi connectivity index (χ4n) is 2.59. The molecule has 24 heavy (non-hydrogen) atoms. The first kappa shape index (κ1) is 18.4. The highest BCUT2D eigenvalue weighted by atomic mass is 19.1. The van der Waals surface area contributed by atoms with Gasteiger partial charge in [0.2, 0.25) is 0 Å². The molecular weight excluding hydrogens is 312 g/mol. The van der Waals surface area contributed by atoms with Crippen molar-refractivity contribution in [2.75, 3.05) is 13.7 Å². The van der Waals surface area contributed by atoms with Crippen LogP contribution in [0.4, 0.5) is 8.78 Å². The van der Waals surface area contributed by atoms with E-state index in [0.29, 0.717) is 24.3 Å². The SMILES string of the molecule is CCC(NC(C)COC)c1ccc(F)c(Oc2ccccc2)c1F. The lowest BCUT2D eigenvalue weighted by molar-refractivity contribution is 0.165. The molecular formula is C19H23F2NO2. The van der Waals surface area contributed by atoms with Crippen LogP contribution < -0.4 is 10.1 Å². The van der Waals surface area contributed by atoms with Gasteiger partial charge in [-0.1, -0.05) is 31.2 Å². The third-order valence-corrected chi connectivity index (χ3v) is 3.73. The lowest BCUT2D eigenvalue weighted by Crippen LogP contribution is -2.34. The van der Waals surface area contributed by atoms with E-state index in [1.54, 1.807) is 31.4 Å². The van der Waals surface area contributed by atoms with Crippen LogP contribution in [0.15, 0.2) is 42.5 Å². The van der Waals surface area contributed by atoms with E-state index in [2.05, 4.69) is 5.32 Å². The second kappa shape index (κ2) is 8.76. The Kier molecular flexibility index (Phi) is 6.70. The Balaban J connectivity index is 2.29. The molecule has 0 aliphatic carbocycles. The molecule has 0 saturated carbocycles. The van der Waals surface area contributed by atoms with Crippen LogP contribution in [0, 0.1) is 11.6 Å². The van der Waals surface area contributed by atoms with E-state index in [-0.39, 0.29) is 17.8 Å². The van der Waals surface area contributed by atoms with Gasteiger partial charge in [-0.3, -0.25) is 0 Å². The molecule has 1 N–H and O–H groups in total. The largest absolute Gasteiger partial charge is 0.451 e. The van der Waals surface area contributed by atoms with E-state index in [9.17, 15) is 8.78 Å². The summed E-state index contributed by atoms with van der Waals surface area (Å²) in [5.41, 5.74) is 0.382. The van der Waals surface area contributed by atoms with Gasteiger partial charge in [-0.05, 0) is 31.5 Å². The minimum Gasteiger partial charge on any atom is -0.451 e. The van der Waals surface area contributed by atoms with Crippen molar-refractivity contribution in [2.24, 2.45) is 0 Å². The molecule has 5 heteroatoms. The predicted molar refractivity (Wildman–Crippen MR) is 90.4 cm³/mol. The molecule has 2 rings (SSSR count). The van der Waals surface area contributed by atoms with Crippen molar-refractivity contribution >= 4 is 0 Å². The Bertz CT molecular complexity index is 649. The van der Waals surface area contributed by atoms with Crippen molar-refractivity contribution in [1.82, 2.24) is 5.32 Å². The van der Waals surface area contributed by atoms with E-state index >= 15 is 0 Å². The van der Waals surface area contributed by atoms with E-state index in [1.807, 2.05) is 19.9 Å². The molecule has 2 unspecified atom stereocenters. The van der Waals surface area contributed by atoms with E-state index in [0.717, 1.165) is 0 Å². The Morgan fingerprint density at radius 1 is 1.08 bits per heavy atom. The van der Waals surface area contributed by atoms with Gasteiger partial charge in [0.1, 0.15) is 5.75 Å². The maximum Gasteiger partial charge on any atom is 0.198 e.